The lowest BCUT2D eigenvalue weighted by molar-refractivity contribution is -0.0314. The van der Waals surface area contributed by atoms with E-state index in [1.54, 1.807) is 0 Å². The molecule has 1 saturated heterocycles. The minimum absolute atomic E-state index is 0.147. The Morgan fingerprint density at radius 2 is 1.94 bits per heavy atom. The first-order chi connectivity index (χ1) is 8.78. The van der Waals surface area contributed by atoms with E-state index in [1.807, 2.05) is 0 Å². The van der Waals surface area contributed by atoms with Crippen LogP contribution in [0.4, 0.5) is 0 Å². The van der Waals surface area contributed by atoms with Gasteiger partial charge in [-0.05, 0) is 32.1 Å². The van der Waals surface area contributed by atoms with Crippen molar-refractivity contribution >= 4 is 0 Å². The van der Waals surface area contributed by atoms with E-state index in [0.29, 0.717) is 12.1 Å². The molecule has 3 N–H and O–H groups in total. The van der Waals surface area contributed by atoms with E-state index in [-0.39, 0.29) is 5.54 Å². The Balaban J connectivity index is 1.93. The van der Waals surface area contributed by atoms with Crippen LogP contribution < -0.4 is 11.1 Å². The van der Waals surface area contributed by atoms with Gasteiger partial charge in [-0.3, -0.25) is 0 Å². The molecule has 0 aromatic rings. The van der Waals surface area contributed by atoms with Gasteiger partial charge in [-0.2, -0.15) is 0 Å². The molecule has 3 nitrogen and oxygen atoms in total. The van der Waals surface area contributed by atoms with Crippen molar-refractivity contribution in [3.8, 4) is 0 Å². The molecule has 1 heterocycles. The molecule has 2 fully saturated rings. The Morgan fingerprint density at radius 3 is 2.56 bits per heavy atom. The van der Waals surface area contributed by atoms with Crippen molar-refractivity contribution in [2.45, 2.75) is 82.4 Å². The number of hydrogen-bond acceptors (Lipinski definition) is 3. The average molecular weight is 254 g/mol. The van der Waals surface area contributed by atoms with Crippen LogP contribution >= 0.6 is 0 Å². The summed E-state index contributed by atoms with van der Waals surface area (Å²) in [5.74, 6) is 0. The quantitative estimate of drug-likeness (QED) is 0.758. The third-order valence-corrected chi connectivity index (χ3v) is 4.76. The standard InChI is InChI=1S/C15H30N2O/c1-2-14-11-15(12-16,9-10-18-14)17-13-7-5-3-4-6-8-13/h13-14,17H,2-12,16H2,1H3. The van der Waals surface area contributed by atoms with Crippen molar-refractivity contribution in [3.05, 3.63) is 0 Å². The Bertz CT molecular complexity index is 239. The molecule has 3 heteroatoms. The van der Waals surface area contributed by atoms with Crippen LogP contribution in [0.25, 0.3) is 0 Å². The topological polar surface area (TPSA) is 47.3 Å². The molecule has 0 aromatic heterocycles. The molecule has 2 rings (SSSR count). The van der Waals surface area contributed by atoms with Gasteiger partial charge in [0, 0.05) is 24.7 Å². The maximum absolute atomic E-state index is 6.09. The third kappa shape index (κ3) is 3.69. The normalized spacial score (nSPS) is 35.3. The summed E-state index contributed by atoms with van der Waals surface area (Å²) in [6.07, 6.45) is 11.9. The van der Waals surface area contributed by atoms with E-state index in [1.165, 1.54) is 38.5 Å². The summed E-state index contributed by atoms with van der Waals surface area (Å²) < 4.78 is 5.80. The highest BCUT2D eigenvalue weighted by molar-refractivity contribution is 4.96. The highest BCUT2D eigenvalue weighted by atomic mass is 16.5. The minimum atomic E-state index is 0.147. The van der Waals surface area contributed by atoms with E-state index in [2.05, 4.69) is 12.2 Å². The van der Waals surface area contributed by atoms with Gasteiger partial charge in [-0.25, -0.2) is 0 Å². The van der Waals surface area contributed by atoms with Gasteiger partial charge in [-0.1, -0.05) is 32.6 Å². The largest absolute Gasteiger partial charge is 0.378 e. The summed E-state index contributed by atoms with van der Waals surface area (Å²) in [4.78, 5) is 0. The van der Waals surface area contributed by atoms with E-state index in [4.69, 9.17) is 10.5 Å². The maximum Gasteiger partial charge on any atom is 0.0590 e. The van der Waals surface area contributed by atoms with Crippen LogP contribution in [0.1, 0.15) is 64.7 Å². The second kappa shape index (κ2) is 6.88. The number of hydrogen-bond donors (Lipinski definition) is 2. The van der Waals surface area contributed by atoms with Gasteiger partial charge in [0.05, 0.1) is 6.10 Å². The van der Waals surface area contributed by atoms with Gasteiger partial charge in [0.25, 0.3) is 0 Å². The highest BCUT2D eigenvalue weighted by Gasteiger charge is 2.36. The van der Waals surface area contributed by atoms with Crippen molar-refractivity contribution < 1.29 is 4.74 Å². The zero-order valence-electron chi connectivity index (χ0n) is 11.9. The lowest BCUT2D eigenvalue weighted by Crippen LogP contribution is -2.59. The van der Waals surface area contributed by atoms with Crippen molar-refractivity contribution in [2.75, 3.05) is 13.2 Å². The Hall–Kier alpha value is -0.120. The minimum Gasteiger partial charge on any atom is -0.378 e. The Morgan fingerprint density at radius 1 is 1.22 bits per heavy atom. The van der Waals surface area contributed by atoms with Crippen LogP contribution in [-0.4, -0.2) is 30.8 Å². The fourth-order valence-corrected chi connectivity index (χ4v) is 3.51. The lowest BCUT2D eigenvalue weighted by Gasteiger charge is -2.43. The number of nitrogens with two attached hydrogens (primary N) is 1. The molecular weight excluding hydrogens is 224 g/mol. The van der Waals surface area contributed by atoms with Gasteiger partial charge in [-0.15, -0.1) is 0 Å². The summed E-state index contributed by atoms with van der Waals surface area (Å²) in [6.45, 7) is 3.84. The van der Waals surface area contributed by atoms with Crippen molar-refractivity contribution in [3.63, 3.8) is 0 Å². The molecule has 106 valence electrons. The monoisotopic (exact) mass is 254 g/mol. The fourth-order valence-electron chi connectivity index (χ4n) is 3.51. The fraction of sp³-hybridized carbons (Fsp3) is 1.00. The van der Waals surface area contributed by atoms with Gasteiger partial charge in [0.15, 0.2) is 0 Å². The zero-order chi connectivity index (χ0) is 12.8. The molecule has 1 saturated carbocycles. The van der Waals surface area contributed by atoms with E-state index >= 15 is 0 Å². The second-order valence-corrected chi connectivity index (χ2v) is 6.17. The van der Waals surface area contributed by atoms with Crippen molar-refractivity contribution in [1.82, 2.24) is 5.32 Å². The predicted molar refractivity (Wildman–Crippen MR) is 75.7 cm³/mol. The molecule has 2 atom stereocenters. The average Bonchev–Trinajstić information content (AvgIpc) is 2.67. The molecule has 0 aromatic carbocycles. The first-order valence-corrected chi connectivity index (χ1v) is 7.87. The van der Waals surface area contributed by atoms with Gasteiger partial charge in [0.1, 0.15) is 0 Å². The molecular formula is C15H30N2O. The summed E-state index contributed by atoms with van der Waals surface area (Å²) >= 11 is 0. The number of ether oxygens (including phenoxy) is 1. The maximum atomic E-state index is 6.09. The summed E-state index contributed by atoms with van der Waals surface area (Å²) in [5, 5.41) is 3.92. The molecule has 0 bridgehead atoms. The first-order valence-electron chi connectivity index (χ1n) is 7.87. The molecule has 2 unspecified atom stereocenters. The Labute approximate surface area is 112 Å². The van der Waals surface area contributed by atoms with Crippen molar-refractivity contribution in [1.29, 1.82) is 0 Å². The summed E-state index contributed by atoms with van der Waals surface area (Å²) in [5.41, 5.74) is 6.24. The molecule has 0 radical (unpaired) electrons. The van der Waals surface area contributed by atoms with Crippen LogP contribution in [0.5, 0.6) is 0 Å². The van der Waals surface area contributed by atoms with E-state index in [9.17, 15) is 0 Å². The summed E-state index contributed by atoms with van der Waals surface area (Å²) in [6, 6.07) is 0.687. The molecule has 0 spiro atoms. The van der Waals surface area contributed by atoms with Gasteiger partial charge >= 0.3 is 0 Å². The van der Waals surface area contributed by atoms with Crippen molar-refractivity contribution in [2.24, 2.45) is 5.73 Å². The van der Waals surface area contributed by atoms with Crippen LogP contribution in [-0.2, 0) is 4.74 Å². The van der Waals surface area contributed by atoms with Crippen LogP contribution in [0.3, 0.4) is 0 Å². The highest BCUT2D eigenvalue weighted by Crippen LogP contribution is 2.28. The van der Waals surface area contributed by atoms with E-state index in [0.717, 1.165) is 32.4 Å². The second-order valence-electron chi connectivity index (χ2n) is 6.17. The van der Waals surface area contributed by atoms with Crippen LogP contribution in [0.15, 0.2) is 0 Å². The third-order valence-electron chi connectivity index (χ3n) is 4.76. The molecule has 0 amide bonds. The molecule has 2 aliphatic rings. The molecule has 18 heavy (non-hydrogen) atoms. The zero-order valence-corrected chi connectivity index (χ0v) is 11.9. The summed E-state index contributed by atoms with van der Waals surface area (Å²) in [7, 11) is 0. The van der Waals surface area contributed by atoms with Gasteiger partial charge in [0.2, 0.25) is 0 Å². The van der Waals surface area contributed by atoms with Gasteiger partial charge < -0.3 is 15.8 Å². The molecule has 1 aliphatic carbocycles. The van der Waals surface area contributed by atoms with Crippen LogP contribution in [0.2, 0.25) is 0 Å². The number of nitrogens with one attached hydrogen (secondary N) is 1. The SMILES string of the molecule is CCC1CC(CN)(NC2CCCCCC2)CCO1. The first kappa shape index (κ1) is 14.3. The molecule has 1 aliphatic heterocycles. The van der Waals surface area contributed by atoms with E-state index < -0.39 is 0 Å². The smallest absolute Gasteiger partial charge is 0.0590 e. The number of rotatable bonds is 4. The predicted octanol–water partition coefficient (Wildman–Crippen LogP) is 2.59. The van der Waals surface area contributed by atoms with Crippen LogP contribution in [0, 0.1) is 0 Å². The Kier molecular flexibility index (Phi) is 5.46. The lowest BCUT2D eigenvalue weighted by atomic mass is 9.84.